The zero-order valence-electron chi connectivity index (χ0n) is 33.6. The summed E-state index contributed by atoms with van der Waals surface area (Å²) in [6.45, 7) is 4.35. The summed E-state index contributed by atoms with van der Waals surface area (Å²) in [7, 11) is 1.47. The summed E-state index contributed by atoms with van der Waals surface area (Å²) in [5.41, 5.74) is 0. The summed E-state index contributed by atoms with van der Waals surface area (Å²) in [6, 6.07) is 0. The predicted octanol–water partition coefficient (Wildman–Crippen LogP) is 11.2. The van der Waals surface area contributed by atoms with Crippen LogP contribution >= 0.6 is 7.82 Å². The van der Waals surface area contributed by atoms with Crippen LogP contribution in [0.1, 0.15) is 174 Å². The molecule has 0 amide bonds. The molecule has 0 bridgehead atoms. The Morgan fingerprint density at radius 2 is 1.02 bits per heavy atom. The third-order valence-electron chi connectivity index (χ3n) is 8.70. The third kappa shape index (κ3) is 38.0. The van der Waals surface area contributed by atoms with E-state index >= 15 is 0 Å². The highest BCUT2D eigenvalue weighted by Gasteiger charge is 2.27. The maximum absolute atomic E-state index is 12.6. The number of phosphoric ester groups is 1. The van der Waals surface area contributed by atoms with Crippen LogP contribution in [0.15, 0.2) is 24.3 Å². The lowest BCUT2D eigenvalue weighted by Gasteiger charge is -2.24. The van der Waals surface area contributed by atoms with E-state index in [2.05, 4.69) is 38.2 Å². The standard InChI is InChI=1S/C41H78NO8P/c1-6-8-10-12-14-16-18-19-20-21-22-24-26-28-30-32-34-41(44)50-39(38-49-51(45,46)48-36-35-42(3,4)5)37-47-40(43)33-31-29-27-25-23-17-15-13-11-9-7-2/h13,15,20-21,39H,6-12,14,16-19,22-38H2,1-5H3/p+1/b15-13-,21-20-. The highest BCUT2D eigenvalue weighted by atomic mass is 31.2. The number of likely N-dealkylation sites (N-methyl/N-ethyl adjacent to an activating group) is 1. The van der Waals surface area contributed by atoms with E-state index in [9.17, 15) is 19.0 Å². The summed E-state index contributed by atoms with van der Waals surface area (Å²) in [5, 5.41) is 0. The van der Waals surface area contributed by atoms with Crippen molar-refractivity contribution < 1.29 is 42.1 Å². The molecule has 0 fully saturated rings. The molecule has 0 heterocycles. The second-order valence-electron chi connectivity index (χ2n) is 15.0. The lowest BCUT2D eigenvalue weighted by molar-refractivity contribution is -0.870. The number of rotatable bonds is 37. The van der Waals surface area contributed by atoms with E-state index in [1.165, 1.54) is 64.2 Å². The van der Waals surface area contributed by atoms with E-state index in [-0.39, 0.29) is 32.0 Å². The van der Waals surface area contributed by atoms with Gasteiger partial charge in [-0.2, -0.15) is 0 Å². The summed E-state index contributed by atoms with van der Waals surface area (Å²) in [5.74, 6) is -0.819. The molecule has 0 saturated heterocycles. The number of allylic oxidation sites excluding steroid dienone is 4. The average Bonchev–Trinajstić information content (AvgIpc) is 3.07. The lowest BCUT2D eigenvalue weighted by Crippen LogP contribution is -2.37. The summed E-state index contributed by atoms with van der Waals surface area (Å²) >= 11 is 0. The van der Waals surface area contributed by atoms with Crippen LogP contribution < -0.4 is 0 Å². The monoisotopic (exact) mass is 745 g/mol. The van der Waals surface area contributed by atoms with Gasteiger partial charge in [0.2, 0.25) is 0 Å². The number of carbonyl (C=O) groups is 2. The molecule has 0 aromatic heterocycles. The highest BCUT2D eigenvalue weighted by Crippen LogP contribution is 2.43. The Kier molecular flexibility index (Phi) is 33.3. The van der Waals surface area contributed by atoms with Crippen LogP contribution in [0, 0.1) is 0 Å². The minimum Gasteiger partial charge on any atom is -0.462 e. The number of phosphoric acid groups is 1. The molecule has 2 unspecified atom stereocenters. The van der Waals surface area contributed by atoms with Crippen molar-refractivity contribution in [3.05, 3.63) is 24.3 Å². The number of ether oxygens (including phenoxy) is 2. The lowest BCUT2D eigenvalue weighted by atomic mass is 10.1. The van der Waals surface area contributed by atoms with Gasteiger partial charge in [0.25, 0.3) is 0 Å². The van der Waals surface area contributed by atoms with Crippen molar-refractivity contribution >= 4 is 19.8 Å². The molecule has 0 spiro atoms. The van der Waals surface area contributed by atoms with Gasteiger partial charge in [-0.15, -0.1) is 0 Å². The van der Waals surface area contributed by atoms with Gasteiger partial charge in [0.1, 0.15) is 19.8 Å². The normalized spacial score (nSPS) is 13.9. The van der Waals surface area contributed by atoms with E-state index in [0.29, 0.717) is 17.4 Å². The van der Waals surface area contributed by atoms with Gasteiger partial charge in [-0.25, -0.2) is 4.57 Å². The van der Waals surface area contributed by atoms with Gasteiger partial charge < -0.3 is 18.9 Å². The Labute approximate surface area is 313 Å². The van der Waals surface area contributed by atoms with Crippen molar-refractivity contribution in [1.29, 1.82) is 0 Å². The molecule has 0 rings (SSSR count). The molecule has 0 radical (unpaired) electrons. The molecule has 0 aromatic rings. The fourth-order valence-corrected chi connectivity index (χ4v) is 6.14. The zero-order chi connectivity index (χ0) is 37.9. The number of carbonyl (C=O) groups excluding carboxylic acids is 2. The van der Waals surface area contributed by atoms with Crippen molar-refractivity contribution in [3.63, 3.8) is 0 Å². The van der Waals surface area contributed by atoms with Gasteiger partial charge in [0, 0.05) is 12.8 Å². The quantitative estimate of drug-likeness (QED) is 0.0220. The van der Waals surface area contributed by atoms with Crippen LogP contribution in [0.25, 0.3) is 0 Å². The molecule has 0 aliphatic carbocycles. The first kappa shape index (κ1) is 49.5. The van der Waals surface area contributed by atoms with E-state index in [0.717, 1.165) is 77.0 Å². The first-order valence-corrected chi connectivity index (χ1v) is 22.1. The number of esters is 2. The Morgan fingerprint density at radius 1 is 0.588 bits per heavy atom. The van der Waals surface area contributed by atoms with E-state index in [1.807, 2.05) is 21.1 Å². The Hall–Kier alpha value is -1.51. The Morgan fingerprint density at radius 3 is 1.51 bits per heavy atom. The van der Waals surface area contributed by atoms with Crippen molar-refractivity contribution in [1.82, 2.24) is 0 Å². The number of hydrogen-bond donors (Lipinski definition) is 1. The molecule has 0 aliphatic heterocycles. The maximum Gasteiger partial charge on any atom is 0.472 e. The van der Waals surface area contributed by atoms with Crippen LogP contribution in [0.5, 0.6) is 0 Å². The van der Waals surface area contributed by atoms with Crippen molar-refractivity contribution in [3.8, 4) is 0 Å². The van der Waals surface area contributed by atoms with Crippen LogP contribution in [-0.4, -0.2) is 74.9 Å². The van der Waals surface area contributed by atoms with Crippen molar-refractivity contribution in [2.24, 2.45) is 0 Å². The molecule has 0 saturated carbocycles. The molecule has 2 atom stereocenters. The fraction of sp³-hybridized carbons (Fsp3) is 0.854. The van der Waals surface area contributed by atoms with Crippen LogP contribution in [0.2, 0.25) is 0 Å². The molecule has 0 aliphatic rings. The van der Waals surface area contributed by atoms with E-state index in [1.54, 1.807) is 0 Å². The van der Waals surface area contributed by atoms with E-state index in [4.69, 9.17) is 18.5 Å². The molecule has 300 valence electrons. The molecule has 0 aromatic carbocycles. The molecular weight excluding hydrogens is 665 g/mol. The average molecular weight is 745 g/mol. The number of hydrogen-bond acceptors (Lipinski definition) is 7. The van der Waals surface area contributed by atoms with Gasteiger partial charge >= 0.3 is 19.8 Å². The highest BCUT2D eigenvalue weighted by molar-refractivity contribution is 7.47. The second kappa shape index (κ2) is 34.3. The van der Waals surface area contributed by atoms with Gasteiger partial charge in [-0.05, 0) is 57.8 Å². The fourth-order valence-electron chi connectivity index (χ4n) is 5.40. The van der Waals surface area contributed by atoms with Crippen molar-refractivity contribution in [2.45, 2.75) is 180 Å². The summed E-state index contributed by atoms with van der Waals surface area (Å²) < 4.78 is 34.2. The SMILES string of the molecule is CCCC/C=C\CCCCCCCC(=O)OCC(COP(=O)(O)OCC[N+](C)(C)C)OC(=O)CCCCCCC/C=C\CCCCCCCCC. The van der Waals surface area contributed by atoms with E-state index < -0.39 is 26.5 Å². The second-order valence-corrected chi connectivity index (χ2v) is 16.5. The topological polar surface area (TPSA) is 108 Å². The zero-order valence-corrected chi connectivity index (χ0v) is 34.5. The Bertz CT molecular complexity index is 933. The van der Waals surface area contributed by atoms with Gasteiger partial charge in [0.05, 0.1) is 27.7 Å². The number of nitrogens with zero attached hydrogens (tertiary/aromatic N) is 1. The smallest absolute Gasteiger partial charge is 0.462 e. The molecule has 10 heteroatoms. The number of quaternary nitrogens is 1. The maximum atomic E-state index is 12.6. The minimum absolute atomic E-state index is 0.0297. The first-order chi connectivity index (χ1) is 24.5. The predicted molar refractivity (Wildman–Crippen MR) is 211 cm³/mol. The van der Waals surface area contributed by atoms with Gasteiger partial charge in [-0.1, -0.05) is 128 Å². The molecule has 1 N–H and O–H groups in total. The minimum atomic E-state index is -4.37. The van der Waals surface area contributed by atoms with Crippen LogP contribution in [0.3, 0.4) is 0 Å². The van der Waals surface area contributed by atoms with Crippen molar-refractivity contribution in [2.75, 3.05) is 47.5 Å². The molecule has 9 nitrogen and oxygen atoms in total. The number of unbranched alkanes of at least 4 members (excludes halogenated alkanes) is 19. The Balaban J connectivity index is 4.41. The molecule has 51 heavy (non-hydrogen) atoms. The van der Waals surface area contributed by atoms with Gasteiger partial charge in [-0.3, -0.25) is 18.6 Å². The molecular formula is C41H79NO8P+. The van der Waals surface area contributed by atoms with Crippen LogP contribution in [0.4, 0.5) is 0 Å². The summed E-state index contributed by atoms with van der Waals surface area (Å²) in [6.07, 6.45) is 35.1. The first-order valence-electron chi connectivity index (χ1n) is 20.6. The third-order valence-corrected chi connectivity index (χ3v) is 9.69. The van der Waals surface area contributed by atoms with Crippen LogP contribution in [-0.2, 0) is 32.7 Å². The van der Waals surface area contributed by atoms with Gasteiger partial charge in [0.15, 0.2) is 6.10 Å². The largest absolute Gasteiger partial charge is 0.472 e. The summed E-state index contributed by atoms with van der Waals surface area (Å²) in [4.78, 5) is 35.2.